The second kappa shape index (κ2) is 16.6. The number of H-pyrrole nitrogens is 3. The third-order valence-electron chi connectivity index (χ3n) is 8.69. The first-order valence-corrected chi connectivity index (χ1v) is 17.1. The molecule has 0 aliphatic carbocycles. The van der Waals surface area contributed by atoms with Crippen molar-refractivity contribution in [3.63, 3.8) is 0 Å². The Morgan fingerprint density at radius 1 is 0.481 bits per heavy atom. The first kappa shape index (κ1) is 35.5. The molecule has 6 aromatic rings. The molecule has 266 valence electrons. The molecule has 0 aliphatic rings. The van der Waals surface area contributed by atoms with Crippen LogP contribution >= 0.6 is 0 Å². The van der Waals surface area contributed by atoms with E-state index < -0.39 is 0 Å². The van der Waals surface area contributed by atoms with Gasteiger partial charge in [0, 0.05) is 55.4 Å². The second-order valence-corrected chi connectivity index (χ2v) is 12.3. The van der Waals surface area contributed by atoms with Gasteiger partial charge in [0.15, 0.2) is 0 Å². The van der Waals surface area contributed by atoms with E-state index in [4.69, 9.17) is 0 Å². The van der Waals surface area contributed by atoms with Crippen molar-refractivity contribution in [3.05, 3.63) is 156 Å². The first-order chi connectivity index (χ1) is 25.3. The summed E-state index contributed by atoms with van der Waals surface area (Å²) in [5, 5.41) is 9.39. The van der Waals surface area contributed by atoms with Gasteiger partial charge in [-0.15, -0.1) is 0 Å². The summed E-state index contributed by atoms with van der Waals surface area (Å²) in [5.74, 6) is 0. The predicted octanol–water partition coefficient (Wildman–Crippen LogP) is 4.01. The number of benzene rings is 3. The van der Waals surface area contributed by atoms with Gasteiger partial charge in [-0.25, -0.2) is 14.0 Å². The maximum Gasteiger partial charge on any atom is 0.280 e. The highest BCUT2D eigenvalue weighted by atomic mass is 16.1. The molecule has 3 N–H and O–H groups in total. The summed E-state index contributed by atoms with van der Waals surface area (Å²) in [6, 6.07) is 28.2. The summed E-state index contributed by atoms with van der Waals surface area (Å²) in [6.07, 6.45) is 4.88. The Morgan fingerprint density at radius 3 is 1.02 bits per heavy atom. The van der Waals surface area contributed by atoms with Crippen LogP contribution in [0.2, 0.25) is 0 Å². The highest BCUT2D eigenvalue weighted by Gasteiger charge is 2.13. The fourth-order valence-electron chi connectivity index (χ4n) is 5.81. The smallest absolute Gasteiger partial charge is 0.280 e. The van der Waals surface area contributed by atoms with Crippen LogP contribution in [0.15, 0.2) is 120 Å². The van der Waals surface area contributed by atoms with Gasteiger partial charge in [-0.3, -0.25) is 49.6 Å². The van der Waals surface area contributed by atoms with E-state index in [0.29, 0.717) is 56.0 Å². The van der Waals surface area contributed by atoms with Gasteiger partial charge in [0.2, 0.25) is 0 Å². The predicted molar refractivity (Wildman–Crippen MR) is 207 cm³/mol. The summed E-state index contributed by atoms with van der Waals surface area (Å²) in [7, 11) is 0. The zero-order valence-corrected chi connectivity index (χ0v) is 29.5. The van der Waals surface area contributed by atoms with Gasteiger partial charge in [0.05, 0.1) is 53.4 Å². The summed E-state index contributed by atoms with van der Waals surface area (Å²) >= 11 is 0. The molecule has 3 aromatic carbocycles. The molecule has 0 saturated heterocycles. The molecule has 0 atom stereocenters. The molecule has 0 fully saturated rings. The largest absolute Gasteiger partial charge is 0.298 e. The van der Waals surface area contributed by atoms with Crippen LogP contribution in [-0.4, -0.2) is 92.2 Å². The van der Waals surface area contributed by atoms with Gasteiger partial charge in [-0.2, -0.15) is 0 Å². The zero-order valence-electron chi connectivity index (χ0n) is 29.5. The van der Waals surface area contributed by atoms with Crippen molar-refractivity contribution < 1.29 is 0 Å². The number of rotatable bonds is 15. The van der Waals surface area contributed by atoms with Crippen LogP contribution < -0.4 is 16.7 Å². The fraction of sp³-hybridized carbons (Fsp3) is 0.231. The number of hydrogen-bond acceptors (Lipinski definition) is 7. The Morgan fingerprint density at radius 2 is 0.750 bits per heavy atom. The standard InChI is InChI=1S/C39H42N10O3/c1-28-34(37(50)47(43-28)31-13-7-4-8-14-31)25-40-19-22-46(23-20-41-26-35-29(2)44-48(38(35)51)32-15-9-5-10-16-32)24-21-42-27-36-30(3)45-49(39(36)52)33-17-11-6-12-18-33/h4-18,25-27,43-45H,19-24H2,1-3H3. The molecule has 52 heavy (non-hydrogen) atoms. The number of aromatic nitrogens is 6. The number of aromatic amines is 3. The summed E-state index contributed by atoms with van der Waals surface area (Å²) in [4.78, 5) is 55.3. The van der Waals surface area contributed by atoms with Crippen molar-refractivity contribution in [2.75, 3.05) is 39.3 Å². The monoisotopic (exact) mass is 698 g/mol. The van der Waals surface area contributed by atoms with Crippen molar-refractivity contribution in [1.82, 2.24) is 34.2 Å². The molecule has 0 amide bonds. The van der Waals surface area contributed by atoms with E-state index in [1.54, 1.807) is 18.6 Å². The first-order valence-electron chi connectivity index (χ1n) is 17.1. The molecule has 3 heterocycles. The lowest BCUT2D eigenvalue weighted by molar-refractivity contribution is 0.298. The van der Waals surface area contributed by atoms with E-state index in [9.17, 15) is 14.4 Å². The summed E-state index contributed by atoms with van der Waals surface area (Å²) in [5.41, 5.74) is 5.51. The van der Waals surface area contributed by atoms with Crippen molar-refractivity contribution in [2.45, 2.75) is 20.8 Å². The van der Waals surface area contributed by atoms with E-state index >= 15 is 0 Å². The van der Waals surface area contributed by atoms with E-state index in [1.807, 2.05) is 112 Å². The maximum atomic E-state index is 13.1. The third-order valence-corrected chi connectivity index (χ3v) is 8.69. The molecule has 0 radical (unpaired) electrons. The zero-order chi connectivity index (χ0) is 36.5. The van der Waals surface area contributed by atoms with Gasteiger partial charge >= 0.3 is 0 Å². The highest BCUT2D eigenvalue weighted by molar-refractivity contribution is 5.81. The van der Waals surface area contributed by atoms with Gasteiger partial charge < -0.3 is 0 Å². The molecule has 13 heteroatoms. The molecule has 0 unspecified atom stereocenters. The van der Waals surface area contributed by atoms with E-state index in [1.165, 1.54) is 14.0 Å². The van der Waals surface area contributed by atoms with Crippen LogP contribution in [-0.2, 0) is 0 Å². The normalized spacial score (nSPS) is 12.0. The lowest BCUT2D eigenvalue weighted by Crippen LogP contribution is -2.31. The molecular weight excluding hydrogens is 656 g/mol. The molecule has 0 saturated carbocycles. The molecule has 13 nitrogen and oxygen atoms in total. The number of nitrogens with one attached hydrogen (secondary N) is 3. The average molecular weight is 699 g/mol. The maximum absolute atomic E-state index is 13.1. The Bertz CT molecular complexity index is 2090. The van der Waals surface area contributed by atoms with Crippen LogP contribution in [0.1, 0.15) is 33.8 Å². The molecule has 0 aliphatic heterocycles. The highest BCUT2D eigenvalue weighted by Crippen LogP contribution is 2.08. The third kappa shape index (κ3) is 8.16. The number of nitrogens with zero attached hydrogens (tertiary/aromatic N) is 7. The quantitative estimate of drug-likeness (QED) is 0.139. The molecular formula is C39H42N10O3. The molecule has 3 aromatic heterocycles. The van der Waals surface area contributed by atoms with Crippen LogP contribution in [0.5, 0.6) is 0 Å². The van der Waals surface area contributed by atoms with Crippen LogP contribution in [0.4, 0.5) is 0 Å². The van der Waals surface area contributed by atoms with Crippen LogP contribution in [0.25, 0.3) is 17.1 Å². The summed E-state index contributed by atoms with van der Waals surface area (Å²) in [6.45, 7) is 8.66. The Hall–Kier alpha value is -6.34. The van der Waals surface area contributed by atoms with Gasteiger partial charge in [-0.1, -0.05) is 54.6 Å². The van der Waals surface area contributed by atoms with Crippen molar-refractivity contribution in [3.8, 4) is 17.1 Å². The Labute approximate surface area is 300 Å². The molecule has 0 bridgehead atoms. The Balaban J connectivity index is 1.12. The number of para-hydroxylation sites is 3. The van der Waals surface area contributed by atoms with E-state index in [0.717, 1.165) is 34.1 Å². The lowest BCUT2D eigenvalue weighted by atomic mass is 10.3. The summed E-state index contributed by atoms with van der Waals surface area (Å²) < 4.78 is 4.54. The van der Waals surface area contributed by atoms with Crippen molar-refractivity contribution >= 4 is 18.6 Å². The Kier molecular flexibility index (Phi) is 11.3. The fourth-order valence-corrected chi connectivity index (χ4v) is 5.81. The minimum absolute atomic E-state index is 0.161. The number of aryl methyl sites for hydroxylation is 3. The van der Waals surface area contributed by atoms with Gasteiger partial charge in [0.1, 0.15) is 0 Å². The number of hydrogen-bond donors (Lipinski definition) is 3. The van der Waals surface area contributed by atoms with Crippen LogP contribution in [0.3, 0.4) is 0 Å². The number of aliphatic imine (C=N–C) groups is 3. The minimum atomic E-state index is -0.161. The molecule has 0 spiro atoms. The van der Waals surface area contributed by atoms with Crippen LogP contribution in [0, 0.1) is 20.8 Å². The van der Waals surface area contributed by atoms with Crippen molar-refractivity contribution in [2.24, 2.45) is 15.0 Å². The van der Waals surface area contributed by atoms with E-state index in [-0.39, 0.29) is 16.7 Å². The second-order valence-electron chi connectivity index (χ2n) is 12.3. The topological polar surface area (TPSA) is 154 Å². The van der Waals surface area contributed by atoms with E-state index in [2.05, 4.69) is 35.2 Å². The minimum Gasteiger partial charge on any atom is -0.298 e. The van der Waals surface area contributed by atoms with Gasteiger partial charge in [0.25, 0.3) is 16.7 Å². The van der Waals surface area contributed by atoms with Crippen molar-refractivity contribution in [1.29, 1.82) is 0 Å². The molecule has 6 rings (SSSR count). The average Bonchev–Trinajstić information content (AvgIpc) is 3.74. The lowest BCUT2D eigenvalue weighted by Gasteiger charge is -2.19. The SMILES string of the molecule is Cc1[nH]n(-c2ccccc2)c(=O)c1C=NCCN(CCN=Cc1c(C)[nH]n(-c2ccccc2)c1=O)CCN=Cc1c(C)[nH]n(-c2ccccc2)c1=O. The van der Waals surface area contributed by atoms with Gasteiger partial charge in [-0.05, 0) is 57.2 Å².